The predicted octanol–water partition coefficient (Wildman–Crippen LogP) is 5.31. The first-order chi connectivity index (χ1) is 27.2. The molecule has 13 nitrogen and oxygen atoms in total. The largest absolute Gasteiger partial charge is 0.458 e. The number of carbonyl (C=O) groups excluding carboxylic acids is 3. The van der Waals surface area contributed by atoms with E-state index in [0.717, 1.165) is 28.6 Å². The molecule has 1 amide bonds. The number of benzene rings is 1. The maximum absolute atomic E-state index is 14.2. The number of rotatable bonds is 7. The van der Waals surface area contributed by atoms with E-state index in [0.29, 0.717) is 19.5 Å². The Morgan fingerprint density at radius 3 is 2.49 bits per heavy atom. The third-order valence-corrected chi connectivity index (χ3v) is 12.6. The van der Waals surface area contributed by atoms with E-state index in [9.17, 15) is 14.4 Å². The minimum absolute atomic E-state index is 0.00911. The predicted molar refractivity (Wildman–Crippen MR) is 215 cm³/mol. The molecule has 1 aromatic heterocycles. The fourth-order valence-electron chi connectivity index (χ4n) is 9.70. The lowest BCUT2D eigenvalue weighted by atomic mass is 9.73. The lowest BCUT2D eigenvalue weighted by molar-refractivity contribution is -0.286. The minimum Gasteiger partial charge on any atom is -0.458 e. The third-order valence-electron chi connectivity index (χ3n) is 12.6. The molecule has 6 rings (SSSR count). The average molecular weight is 789 g/mol. The van der Waals surface area contributed by atoms with Gasteiger partial charge < -0.3 is 33.3 Å². The van der Waals surface area contributed by atoms with E-state index < -0.39 is 72.7 Å². The van der Waals surface area contributed by atoms with Gasteiger partial charge in [-0.2, -0.15) is 0 Å². The van der Waals surface area contributed by atoms with Crippen molar-refractivity contribution in [3.8, 4) is 11.8 Å². The van der Waals surface area contributed by atoms with Crippen molar-refractivity contribution in [3.63, 3.8) is 0 Å². The number of pyridine rings is 1. The van der Waals surface area contributed by atoms with Crippen LogP contribution in [-0.4, -0.2) is 134 Å². The van der Waals surface area contributed by atoms with Gasteiger partial charge in [-0.15, -0.1) is 0 Å². The summed E-state index contributed by atoms with van der Waals surface area (Å²) in [7, 11) is 5.64. The molecule has 0 aliphatic carbocycles. The standard InChI is InChI=1S/C44H60N4O9/c1-11-35-44(7)41-28(5)37(45-18-19-48(41)43(51)57-44)27(4)38(53-20-14-15-30-22-31-16-12-13-17-32(31)46-24-30)29(6)39(26(3)34(49)23-36(50)55-35)56-42-40(52-10)33(47(8)9)21-25(2)54-42/h12-13,16-17,22,24-29,33,35,38-42H,11,18-21,23H2,1-10H3/t25-,26+,27+,28+,29+,33+,35-,38+,39-,40-,41?,42+,44-/m1/s1. The number of Topliss-reactive ketones (excluding diaryl/α,β-unsaturated/α-hetero) is 1. The van der Waals surface area contributed by atoms with Gasteiger partial charge in [0.2, 0.25) is 0 Å². The summed E-state index contributed by atoms with van der Waals surface area (Å²) < 4.78 is 38.4. The molecular formula is C44H60N4O9. The molecule has 310 valence electrons. The van der Waals surface area contributed by atoms with Gasteiger partial charge >= 0.3 is 12.1 Å². The highest BCUT2D eigenvalue weighted by Gasteiger charge is 2.60. The van der Waals surface area contributed by atoms with Crippen LogP contribution in [0.25, 0.3) is 10.9 Å². The Labute approximate surface area is 337 Å². The van der Waals surface area contributed by atoms with Gasteiger partial charge in [0.1, 0.15) is 31.0 Å². The number of nitrogens with zero attached hydrogens (tertiary/aromatic N) is 4. The van der Waals surface area contributed by atoms with Crippen LogP contribution in [0.3, 0.4) is 0 Å². The van der Waals surface area contributed by atoms with Crippen LogP contribution in [0.2, 0.25) is 0 Å². The molecule has 5 heterocycles. The highest BCUT2D eigenvalue weighted by Crippen LogP contribution is 2.43. The summed E-state index contributed by atoms with van der Waals surface area (Å²) in [5.41, 5.74) is 1.31. The molecule has 1 unspecified atom stereocenters. The number of methoxy groups -OCH3 is 1. The first kappa shape index (κ1) is 42.7. The second-order valence-corrected chi connectivity index (χ2v) is 16.6. The van der Waals surface area contributed by atoms with E-state index in [1.54, 1.807) is 25.1 Å². The van der Waals surface area contributed by atoms with E-state index >= 15 is 0 Å². The number of aliphatic imine (C=N–C) groups is 1. The first-order valence-electron chi connectivity index (χ1n) is 20.4. The number of ether oxygens (including phenoxy) is 6. The number of ketones is 1. The quantitative estimate of drug-likeness (QED) is 0.205. The first-order valence-corrected chi connectivity index (χ1v) is 20.4. The topological polar surface area (TPSA) is 138 Å². The highest BCUT2D eigenvalue weighted by molar-refractivity contribution is 5.97. The van der Waals surface area contributed by atoms with Gasteiger partial charge in [-0.3, -0.25) is 24.5 Å². The van der Waals surface area contributed by atoms with Crippen LogP contribution in [0.1, 0.15) is 73.3 Å². The van der Waals surface area contributed by atoms with Gasteiger partial charge in [0.15, 0.2) is 11.9 Å². The SMILES string of the molecule is CC[C@H]1OC(=O)CC(=O)[C@H](C)[C@@H](O[C@@H]2O[C@H](C)C[C@H](N(C)C)[C@H]2OC)[C@@H](C)[C@@H](OCC#Cc2cnc3ccccc3c2)[C@@H](C)C2=NCCN3C(=O)O[C@@]1(C)C3[C@H]2C. The number of para-hydroxylation sites is 1. The average Bonchev–Trinajstić information content (AvgIpc) is 3.31. The molecule has 0 saturated carbocycles. The molecule has 0 N–H and O–H groups in total. The Morgan fingerprint density at radius 1 is 1.02 bits per heavy atom. The van der Waals surface area contributed by atoms with Crippen molar-refractivity contribution in [2.75, 3.05) is 40.9 Å². The number of fused-ring (bicyclic) bond motifs is 2. The zero-order chi connectivity index (χ0) is 41.2. The van der Waals surface area contributed by atoms with Crippen LogP contribution >= 0.6 is 0 Å². The number of amides is 1. The normalized spacial score (nSPS) is 36.4. The molecule has 0 radical (unpaired) electrons. The molecule has 57 heavy (non-hydrogen) atoms. The number of carbonyl (C=O) groups is 3. The van der Waals surface area contributed by atoms with Crippen molar-refractivity contribution in [2.45, 2.75) is 122 Å². The molecular weight excluding hydrogens is 729 g/mol. The molecule has 4 aliphatic rings. The summed E-state index contributed by atoms with van der Waals surface area (Å²) >= 11 is 0. The Kier molecular flexibility index (Phi) is 13.4. The Bertz CT molecular complexity index is 1880. The van der Waals surface area contributed by atoms with Gasteiger partial charge in [-0.25, -0.2) is 4.79 Å². The summed E-state index contributed by atoms with van der Waals surface area (Å²) in [6.07, 6.45) is -1.66. The summed E-state index contributed by atoms with van der Waals surface area (Å²) in [6.45, 7) is 14.4. The Hall–Kier alpha value is -3.93. The van der Waals surface area contributed by atoms with E-state index in [-0.39, 0.29) is 36.4 Å². The summed E-state index contributed by atoms with van der Waals surface area (Å²) in [4.78, 5) is 54.9. The van der Waals surface area contributed by atoms with E-state index in [1.165, 1.54) is 0 Å². The molecule has 13 heteroatoms. The van der Waals surface area contributed by atoms with Crippen molar-refractivity contribution >= 4 is 34.5 Å². The lowest BCUT2D eigenvalue weighted by Gasteiger charge is -2.46. The minimum atomic E-state index is -1.19. The zero-order valence-corrected chi connectivity index (χ0v) is 35.1. The van der Waals surface area contributed by atoms with Crippen LogP contribution in [0.4, 0.5) is 4.79 Å². The molecule has 0 spiro atoms. The maximum atomic E-state index is 14.2. The van der Waals surface area contributed by atoms with Crippen LogP contribution < -0.4 is 0 Å². The maximum Gasteiger partial charge on any atom is 0.410 e. The monoisotopic (exact) mass is 788 g/mol. The molecule has 1 aromatic carbocycles. The molecule has 3 saturated heterocycles. The summed E-state index contributed by atoms with van der Waals surface area (Å²) in [6, 6.07) is 9.39. The van der Waals surface area contributed by atoms with Gasteiger partial charge in [-0.1, -0.05) is 64.7 Å². The Morgan fingerprint density at radius 2 is 1.77 bits per heavy atom. The van der Waals surface area contributed by atoms with Crippen molar-refractivity contribution in [2.24, 2.45) is 28.7 Å². The second kappa shape index (κ2) is 17.9. The molecule has 13 atom stereocenters. The van der Waals surface area contributed by atoms with Crippen molar-refractivity contribution < 1.29 is 42.8 Å². The second-order valence-electron chi connectivity index (χ2n) is 16.6. The smallest absolute Gasteiger partial charge is 0.410 e. The van der Waals surface area contributed by atoms with Crippen LogP contribution in [0, 0.1) is 35.5 Å². The zero-order valence-electron chi connectivity index (χ0n) is 35.1. The Balaban J connectivity index is 1.41. The molecule has 2 bridgehead atoms. The molecule has 3 fully saturated rings. The van der Waals surface area contributed by atoms with Crippen molar-refractivity contribution in [1.29, 1.82) is 0 Å². The van der Waals surface area contributed by atoms with Crippen LogP contribution in [0.5, 0.6) is 0 Å². The van der Waals surface area contributed by atoms with Gasteiger partial charge in [0.25, 0.3) is 0 Å². The number of cyclic esters (lactones) is 1. The van der Waals surface area contributed by atoms with E-state index in [4.69, 9.17) is 33.4 Å². The number of esters is 1. The number of hydrogen-bond acceptors (Lipinski definition) is 12. The van der Waals surface area contributed by atoms with Gasteiger partial charge in [0, 0.05) is 66.2 Å². The summed E-state index contributed by atoms with van der Waals surface area (Å²) in [5.74, 6) is 3.53. The van der Waals surface area contributed by atoms with Crippen molar-refractivity contribution in [3.05, 3.63) is 42.1 Å². The molecule has 2 aromatic rings. The molecule has 4 aliphatic heterocycles. The van der Waals surface area contributed by atoms with Crippen molar-refractivity contribution in [1.82, 2.24) is 14.8 Å². The lowest BCUT2D eigenvalue weighted by Crippen LogP contribution is -2.58. The third kappa shape index (κ3) is 8.76. The van der Waals surface area contributed by atoms with Gasteiger partial charge in [0.05, 0.1) is 36.4 Å². The van der Waals surface area contributed by atoms with Crippen LogP contribution in [-0.2, 0) is 38.0 Å². The fraction of sp³-hybridized carbons (Fsp3) is 0.659. The fourth-order valence-corrected chi connectivity index (χ4v) is 9.70. The van der Waals surface area contributed by atoms with Crippen LogP contribution in [0.15, 0.2) is 41.5 Å². The van der Waals surface area contributed by atoms with E-state index in [2.05, 4.69) is 35.6 Å². The summed E-state index contributed by atoms with van der Waals surface area (Å²) in [5, 5.41) is 0.993. The van der Waals surface area contributed by atoms with E-state index in [1.807, 2.05) is 72.1 Å². The number of likely N-dealkylation sites (N-methyl/N-ethyl adjacent to an activating group) is 1. The van der Waals surface area contributed by atoms with Gasteiger partial charge in [-0.05, 0) is 52.9 Å². The number of aromatic nitrogens is 1. The highest BCUT2D eigenvalue weighted by atomic mass is 16.7. The number of hydrogen-bond donors (Lipinski definition) is 0.